The van der Waals surface area contributed by atoms with Crippen LogP contribution in [0.1, 0.15) is 5.76 Å². The highest BCUT2D eigenvalue weighted by atomic mass is 35.5. The second kappa shape index (κ2) is 4.64. The molecule has 1 aromatic carbocycles. The third-order valence-corrected chi connectivity index (χ3v) is 3.23. The molecule has 15 heavy (non-hydrogen) atoms. The molecule has 78 valence electrons. The molecule has 2 nitrogen and oxygen atoms in total. The van der Waals surface area contributed by atoms with Crippen molar-refractivity contribution in [3.63, 3.8) is 0 Å². The van der Waals surface area contributed by atoms with Gasteiger partial charge >= 0.3 is 0 Å². The Labute approximate surface area is 97.4 Å². The van der Waals surface area contributed by atoms with E-state index in [0.717, 1.165) is 22.1 Å². The van der Waals surface area contributed by atoms with Gasteiger partial charge in [-0.2, -0.15) is 0 Å². The van der Waals surface area contributed by atoms with Crippen LogP contribution in [0.4, 0.5) is 5.69 Å². The molecule has 0 spiro atoms. The molecule has 0 amide bonds. The Morgan fingerprint density at radius 1 is 1.20 bits per heavy atom. The molecule has 2 aromatic rings. The number of para-hydroxylation sites is 1. The van der Waals surface area contributed by atoms with Gasteiger partial charge in [-0.1, -0.05) is 12.1 Å². The Kier molecular flexibility index (Phi) is 3.23. The molecule has 0 unspecified atom stereocenters. The minimum absolute atomic E-state index is 0.423. The van der Waals surface area contributed by atoms with Gasteiger partial charge in [0.1, 0.15) is 5.76 Å². The summed E-state index contributed by atoms with van der Waals surface area (Å²) in [6, 6.07) is 11.4. The fourth-order valence-electron chi connectivity index (χ4n) is 1.19. The Balaban J connectivity index is 2.02. The summed E-state index contributed by atoms with van der Waals surface area (Å²) in [5, 5.41) is 0.423. The van der Waals surface area contributed by atoms with E-state index in [9.17, 15) is 0 Å². The van der Waals surface area contributed by atoms with E-state index in [1.54, 1.807) is 17.8 Å². The monoisotopic (exact) mass is 239 g/mol. The highest BCUT2D eigenvalue weighted by Crippen LogP contribution is 2.28. The number of furan rings is 1. The minimum atomic E-state index is 0.423. The van der Waals surface area contributed by atoms with Crippen LogP contribution in [0.15, 0.2) is 45.7 Å². The number of benzene rings is 1. The van der Waals surface area contributed by atoms with Gasteiger partial charge in [-0.3, -0.25) is 0 Å². The number of rotatable bonds is 3. The maximum absolute atomic E-state index is 5.81. The number of nitrogen functional groups attached to an aromatic ring is 1. The number of thioether (sulfide) groups is 1. The lowest BCUT2D eigenvalue weighted by atomic mass is 10.3. The maximum atomic E-state index is 5.81. The van der Waals surface area contributed by atoms with Crippen molar-refractivity contribution >= 4 is 29.1 Å². The van der Waals surface area contributed by atoms with Gasteiger partial charge in [-0.25, -0.2) is 0 Å². The third-order valence-electron chi connectivity index (χ3n) is 1.92. The molecular weight excluding hydrogens is 230 g/mol. The van der Waals surface area contributed by atoms with Crippen molar-refractivity contribution in [1.82, 2.24) is 0 Å². The Morgan fingerprint density at radius 2 is 2.00 bits per heavy atom. The molecule has 0 radical (unpaired) electrons. The molecule has 2 rings (SSSR count). The number of anilines is 1. The second-order valence-electron chi connectivity index (χ2n) is 3.03. The van der Waals surface area contributed by atoms with E-state index in [0.29, 0.717) is 5.22 Å². The van der Waals surface area contributed by atoms with Crippen molar-refractivity contribution in [1.29, 1.82) is 0 Å². The Morgan fingerprint density at radius 3 is 2.67 bits per heavy atom. The topological polar surface area (TPSA) is 39.2 Å². The van der Waals surface area contributed by atoms with Crippen molar-refractivity contribution in [3.8, 4) is 0 Å². The van der Waals surface area contributed by atoms with Crippen molar-refractivity contribution in [2.24, 2.45) is 0 Å². The summed E-state index contributed by atoms with van der Waals surface area (Å²) >= 11 is 7.31. The number of halogens is 1. The van der Waals surface area contributed by atoms with Crippen LogP contribution in [0, 0.1) is 0 Å². The Hall–Kier alpha value is -1.06. The van der Waals surface area contributed by atoms with E-state index in [4.69, 9.17) is 21.8 Å². The normalized spacial score (nSPS) is 10.5. The summed E-state index contributed by atoms with van der Waals surface area (Å²) < 4.78 is 5.25. The summed E-state index contributed by atoms with van der Waals surface area (Å²) in [4.78, 5) is 1.06. The van der Waals surface area contributed by atoms with E-state index < -0.39 is 0 Å². The van der Waals surface area contributed by atoms with Gasteiger partial charge < -0.3 is 10.2 Å². The van der Waals surface area contributed by atoms with Crippen LogP contribution in [0.3, 0.4) is 0 Å². The minimum Gasteiger partial charge on any atom is -0.449 e. The maximum Gasteiger partial charge on any atom is 0.193 e. The van der Waals surface area contributed by atoms with Crippen molar-refractivity contribution in [2.75, 3.05) is 5.73 Å². The van der Waals surface area contributed by atoms with Gasteiger partial charge in [-0.05, 0) is 35.9 Å². The molecule has 1 heterocycles. The van der Waals surface area contributed by atoms with Gasteiger partial charge in [0.25, 0.3) is 0 Å². The number of hydrogen-bond donors (Lipinski definition) is 1. The molecule has 0 bridgehead atoms. The molecule has 4 heteroatoms. The predicted molar refractivity (Wildman–Crippen MR) is 64.1 cm³/mol. The highest BCUT2D eigenvalue weighted by molar-refractivity contribution is 7.98. The first-order valence-electron chi connectivity index (χ1n) is 4.47. The van der Waals surface area contributed by atoms with Crippen LogP contribution in [-0.2, 0) is 5.75 Å². The van der Waals surface area contributed by atoms with Crippen LogP contribution in [-0.4, -0.2) is 0 Å². The lowest BCUT2D eigenvalue weighted by Crippen LogP contribution is -1.87. The van der Waals surface area contributed by atoms with Crippen molar-refractivity contribution in [3.05, 3.63) is 47.4 Å². The fraction of sp³-hybridized carbons (Fsp3) is 0.0909. The quantitative estimate of drug-likeness (QED) is 0.654. The summed E-state index contributed by atoms with van der Waals surface area (Å²) in [6.45, 7) is 0. The SMILES string of the molecule is Nc1ccccc1SCc1ccc(Cl)o1. The van der Waals surface area contributed by atoms with E-state index in [1.165, 1.54) is 0 Å². The molecule has 1 aromatic heterocycles. The standard InChI is InChI=1S/C11H10ClNOS/c12-11-6-5-8(14-11)7-15-10-4-2-1-3-9(10)13/h1-6H,7,13H2. The lowest BCUT2D eigenvalue weighted by molar-refractivity contribution is 0.532. The number of nitrogens with two attached hydrogens (primary N) is 1. The zero-order valence-corrected chi connectivity index (χ0v) is 9.52. The lowest BCUT2D eigenvalue weighted by Gasteiger charge is -2.02. The van der Waals surface area contributed by atoms with Crippen LogP contribution < -0.4 is 5.73 Å². The second-order valence-corrected chi connectivity index (χ2v) is 4.42. The highest BCUT2D eigenvalue weighted by Gasteiger charge is 2.02. The van der Waals surface area contributed by atoms with Gasteiger partial charge in [0.15, 0.2) is 5.22 Å². The van der Waals surface area contributed by atoms with Gasteiger partial charge in [0.2, 0.25) is 0 Å². The van der Waals surface area contributed by atoms with E-state index in [-0.39, 0.29) is 0 Å². The van der Waals surface area contributed by atoms with Crippen LogP contribution in [0.25, 0.3) is 0 Å². The molecule has 0 saturated heterocycles. The van der Waals surface area contributed by atoms with Gasteiger partial charge in [0.05, 0.1) is 5.75 Å². The van der Waals surface area contributed by atoms with Gasteiger partial charge in [0, 0.05) is 10.6 Å². The summed E-state index contributed by atoms with van der Waals surface area (Å²) in [7, 11) is 0. The average Bonchev–Trinajstić information content (AvgIpc) is 2.63. The van der Waals surface area contributed by atoms with Crippen LogP contribution in [0.5, 0.6) is 0 Å². The molecular formula is C11H10ClNOS. The van der Waals surface area contributed by atoms with E-state index >= 15 is 0 Å². The van der Waals surface area contributed by atoms with E-state index in [2.05, 4.69) is 0 Å². The number of hydrogen-bond acceptors (Lipinski definition) is 3. The van der Waals surface area contributed by atoms with Gasteiger partial charge in [-0.15, -0.1) is 11.8 Å². The predicted octanol–water partition coefficient (Wildman–Crippen LogP) is 3.81. The summed E-state index contributed by atoms with van der Waals surface area (Å²) in [6.07, 6.45) is 0. The fourth-order valence-corrected chi connectivity index (χ4v) is 2.21. The third kappa shape index (κ3) is 2.70. The molecule has 0 saturated carbocycles. The first kappa shape index (κ1) is 10.5. The summed E-state index contributed by atoms with van der Waals surface area (Å²) in [5.74, 6) is 1.59. The van der Waals surface area contributed by atoms with E-state index in [1.807, 2.05) is 30.3 Å². The molecule has 0 aliphatic heterocycles. The smallest absolute Gasteiger partial charge is 0.193 e. The van der Waals surface area contributed by atoms with Crippen LogP contribution >= 0.6 is 23.4 Å². The molecule has 0 aliphatic carbocycles. The van der Waals surface area contributed by atoms with Crippen molar-refractivity contribution < 1.29 is 4.42 Å². The average molecular weight is 240 g/mol. The zero-order chi connectivity index (χ0) is 10.7. The largest absolute Gasteiger partial charge is 0.449 e. The van der Waals surface area contributed by atoms with Crippen LogP contribution in [0.2, 0.25) is 5.22 Å². The molecule has 0 aliphatic rings. The first-order valence-corrected chi connectivity index (χ1v) is 5.83. The summed E-state index contributed by atoms with van der Waals surface area (Å²) in [5.41, 5.74) is 6.60. The Bertz CT molecular complexity index is 455. The molecule has 2 N–H and O–H groups in total. The zero-order valence-electron chi connectivity index (χ0n) is 7.94. The first-order chi connectivity index (χ1) is 7.25. The molecule has 0 fully saturated rings. The van der Waals surface area contributed by atoms with Crippen molar-refractivity contribution in [2.45, 2.75) is 10.6 Å². The molecule has 0 atom stereocenters.